The molecule has 2 aliphatic rings. The van der Waals surface area contributed by atoms with Gasteiger partial charge >= 0.3 is 6.18 Å². The number of benzene rings is 1. The Labute approximate surface area is 209 Å². The van der Waals surface area contributed by atoms with Crippen molar-refractivity contribution in [3.8, 4) is 0 Å². The fourth-order valence-corrected chi connectivity index (χ4v) is 5.03. The van der Waals surface area contributed by atoms with Crippen LogP contribution < -0.4 is 4.90 Å². The van der Waals surface area contributed by atoms with Gasteiger partial charge in [0.05, 0.1) is 11.5 Å². The van der Waals surface area contributed by atoms with Crippen molar-refractivity contribution in [2.45, 2.75) is 57.7 Å². The lowest BCUT2D eigenvalue weighted by molar-refractivity contribution is -0.137. The highest BCUT2D eigenvalue weighted by Crippen LogP contribution is 2.37. The fourth-order valence-electron chi connectivity index (χ4n) is 5.03. The number of hydrogen-bond donors (Lipinski definition) is 0. The maximum absolute atomic E-state index is 14.9. The zero-order valence-electron chi connectivity index (χ0n) is 21.1. The Balaban J connectivity index is 1.54. The molecule has 2 aromatic rings. The standard InChI is InChI=1S/C26H33F4N5O/c1-16(2)33(4)14-20(19-7-6-18(13-21(19)27)26(28,29)30)25(36)35-11-9-34(10-12-35)24-23-17(3)5-8-22(23)31-15-32-24/h6-7,13,15-17,20H,5,8-12,14H2,1-4H3/t17-,20?/m1/s1. The van der Waals surface area contributed by atoms with Crippen LogP contribution in [0.5, 0.6) is 0 Å². The van der Waals surface area contributed by atoms with E-state index in [9.17, 15) is 22.4 Å². The van der Waals surface area contributed by atoms with Crippen LogP contribution in [0, 0.1) is 5.82 Å². The number of amides is 1. The third-order valence-electron chi connectivity index (χ3n) is 7.50. The second-order valence-electron chi connectivity index (χ2n) is 10.1. The van der Waals surface area contributed by atoms with Crippen molar-refractivity contribution in [2.75, 3.05) is 44.7 Å². The van der Waals surface area contributed by atoms with Gasteiger partial charge in [-0.1, -0.05) is 13.0 Å². The van der Waals surface area contributed by atoms with Gasteiger partial charge in [-0.15, -0.1) is 0 Å². The minimum absolute atomic E-state index is 0.00891. The average molecular weight is 508 g/mol. The van der Waals surface area contributed by atoms with Gasteiger partial charge in [-0.2, -0.15) is 13.2 Å². The van der Waals surface area contributed by atoms with E-state index >= 15 is 0 Å². The molecule has 1 aromatic heterocycles. The average Bonchev–Trinajstić information content (AvgIpc) is 3.22. The Morgan fingerprint density at radius 2 is 1.86 bits per heavy atom. The normalized spacial score (nSPS) is 19.2. The molecular weight excluding hydrogens is 474 g/mol. The summed E-state index contributed by atoms with van der Waals surface area (Å²) in [7, 11) is 1.82. The number of aryl methyl sites for hydroxylation is 1. The summed E-state index contributed by atoms with van der Waals surface area (Å²) < 4.78 is 54.2. The Morgan fingerprint density at radius 1 is 1.17 bits per heavy atom. The zero-order chi connectivity index (χ0) is 26.2. The van der Waals surface area contributed by atoms with Crippen molar-refractivity contribution in [1.82, 2.24) is 19.8 Å². The lowest BCUT2D eigenvalue weighted by Gasteiger charge is -2.38. The number of rotatable bonds is 6. The fraction of sp³-hybridized carbons (Fsp3) is 0.577. The van der Waals surface area contributed by atoms with Crippen molar-refractivity contribution in [2.24, 2.45) is 0 Å². The highest BCUT2D eigenvalue weighted by Gasteiger charge is 2.36. The molecule has 0 N–H and O–H groups in total. The van der Waals surface area contributed by atoms with Gasteiger partial charge in [0.1, 0.15) is 18.0 Å². The minimum Gasteiger partial charge on any atom is -0.353 e. The van der Waals surface area contributed by atoms with Gasteiger partial charge < -0.3 is 14.7 Å². The Morgan fingerprint density at radius 3 is 2.47 bits per heavy atom. The third kappa shape index (κ3) is 5.33. The molecule has 1 aliphatic carbocycles. The molecule has 196 valence electrons. The second kappa shape index (κ2) is 10.3. The van der Waals surface area contributed by atoms with E-state index in [1.165, 1.54) is 5.56 Å². The Kier molecular flexibility index (Phi) is 7.54. The summed E-state index contributed by atoms with van der Waals surface area (Å²) in [5, 5.41) is 0. The molecule has 1 amide bonds. The maximum Gasteiger partial charge on any atom is 0.416 e. The summed E-state index contributed by atoms with van der Waals surface area (Å²) in [6, 6.07) is 2.52. The van der Waals surface area contributed by atoms with E-state index in [1.807, 2.05) is 25.8 Å². The first kappa shape index (κ1) is 26.3. The van der Waals surface area contributed by atoms with E-state index in [1.54, 1.807) is 11.2 Å². The summed E-state index contributed by atoms with van der Waals surface area (Å²) in [4.78, 5) is 28.4. The van der Waals surface area contributed by atoms with Crippen LogP contribution in [-0.2, 0) is 17.4 Å². The molecule has 0 radical (unpaired) electrons. The molecule has 1 aliphatic heterocycles. The molecule has 4 rings (SSSR count). The highest BCUT2D eigenvalue weighted by molar-refractivity contribution is 5.84. The number of carbonyl (C=O) groups is 1. The van der Waals surface area contributed by atoms with E-state index in [4.69, 9.17) is 0 Å². The molecule has 10 heteroatoms. The molecular formula is C26H33F4N5O. The Hall–Kier alpha value is -2.75. The van der Waals surface area contributed by atoms with Gasteiger partial charge in [0.25, 0.3) is 0 Å². The molecule has 0 saturated carbocycles. The van der Waals surface area contributed by atoms with Crippen LogP contribution in [0.2, 0.25) is 0 Å². The van der Waals surface area contributed by atoms with Crippen molar-refractivity contribution in [3.63, 3.8) is 0 Å². The number of fused-ring (bicyclic) bond motifs is 1. The van der Waals surface area contributed by atoms with E-state index < -0.39 is 23.5 Å². The first-order valence-electron chi connectivity index (χ1n) is 12.4. The largest absolute Gasteiger partial charge is 0.416 e. The number of likely N-dealkylation sites (N-methyl/N-ethyl adjacent to an activating group) is 1. The summed E-state index contributed by atoms with van der Waals surface area (Å²) in [6.45, 7) is 8.28. The van der Waals surface area contributed by atoms with Crippen molar-refractivity contribution >= 4 is 11.7 Å². The number of hydrogen-bond acceptors (Lipinski definition) is 5. The van der Waals surface area contributed by atoms with Crippen molar-refractivity contribution in [3.05, 3.63) is 52.7 Å². The SMILES string of the molecule is CC(C)N(C)CC(C(=O)N1CCN(c2ncnc3c2[C@H](C)CC3)CC1)c1ccc(C(F)(F)F)cc1F. The van der Waals surface area contributed by atoms with Crippen LogP contribution in [0.15, 0.2) is 24.5 Å². The van der Waals surface area contributed by atoms with Gasteiger partial charge in [0.15, 0.2) is 0 Å². The number of aromatic nitrogens is 2. The predicted molar refractivity (Wildman–Crippen MR) is 129 cm³/mol. The quantitative estimate of drug-likeness (QED) is 0.541. The summed E-state index contributed by atoms with van der Waals surface area (Å²) in [6.07, 6.45) is -1.07. The van der Waals surface area contributed by atoms with Gasteiger partial charge in [-0.25, -0.2) is 14.4 Å². The molecule has 2 heterocycles. The molecule has 36 heavy (non-hydrogen) atoms. The molecule has 1 saturated heterocycles. The van der Waals surface area contributed by atoms with Crippen LogP contribution in [0.1, 0.15) is 61.4 Å². The minimum atomic E-state index is -4.65. The maximum atomic E-state index is 14.9. The number of halogens is 4. The molecule has 0 spiro atoms. The first-order chi connectivity index (χ1) is 17.0. The van der Waals surface area contributed by atoms with E-state index in [2.05, 4.69) is 21.8 Å². The third-order valence-corrected chi connectivity index (χ3v) is 7.50. The highest BCUT2D eigenvalue weighted by atomic mass is 19.4. The number of nitrogens with zero attached hydrogens (tertiary/aromatic N) is 5. The van der Waals surface area contributed by atoms with Gasteiger partial charge in [-0.3, -0.25) is 4.79 Å². The van der Waals surface area contributed by atoms with Gasteiger partial charge in [0, 0.05) is 55.6 Å². The van der Waals surface area contributed by atoms with Crippen molar-refractivity contribution in [1.29, 1.82) is 0 Å². The second-order valence-corrected chi connectivity index (χ2v) is 10.1. The van der Waals surface area contributed by atoms with Crippen LogP contribution in [-0.4, -0.2) is 71.5 Å². The first-order valence-corrected chi connectivity index (χ1v) is 12.4. The molecule has 1 unspecified atom stereocenters. The van der Waals surface area contributed by atoms with E-state index in [-0.39, 0.29) is 24.1 Å². The summed E-state index contributed by atoms with van der Waals surface area (Å²) in [5.74, 6) is -0.891. The van der Waals surface area contributed by atoms with Crippen molar-refractivity contribution < 1.29 is 22.4 Å². The molecule has 2 atom stereocenters. The van der Waals surface area contributed by atoms with Crippen LogP contribution in [0.4, 0.5) is 23.4 Å². The monoisotopic (exact) mass is 507 g/mol. The summed E-state index contributed by atoms with van der Waals surface area (Å²) >= 11 is 0. The van der Waals surface area contributed by atoms with Gasteiger partial charge in [0.2, 0.25) is 5.91 Å². The van der Waals surface area contributed by atoms with Crippen LogP contribution >= 0.6 is 0 Å². The number of piperazine rings is 1. The van der Waals surface area contributed by atoms with Gasteiger partial charge in [-0.05, 0) is 51.8 Å². The number of anilines is 1. The molecule has 1 fully saturated rings. The van der Waals surface area contributed by atoms with E-state index in [0.717, 1.165) is 36.5 Å². The summed E-state index contributed by atoms with van der Waals surface area (Å²) in [5.41, 5.74) is 1.19. The molecule has 1 aromatic carbocycles. The van der Waals surface area contributed by atoms with Crippen LogP contribution in [0.25, 0.3) is 0 Å². The number of alkyl halides is 3. The smallest absolute Gasteiger partial charge is 0.353 e. The molecule has 6 nitrogen and oxygen atoms in total. The number of carbonyl (C=O) groups excluding carboxylic acids is 1. The molecule has 0 bridgehead atoms. The topological polar surface area (TPSA) is 52.6 Å². The lowest BCUT2D eigenvalue weighted by atomic mass is 9.94. The van der Waals surface area contributed by atoms with Crippen LogP contribution in [0.3, 0.4) is 0 Å². The predicted octanol–water partition coefficient (Wildman–Crippen LogP) is 4.46. The lowest BCUT2D eigenvalue weighted by Crippen LogP contribution is -2.51. The zero-order valence-corrected chi connectivity index (χ0v) is 21.1. The van der Waals surface area contributed by atoms with E-state index in [0.29, 0.717) is 38.2 Å². The Bertz CT molecular complexity index is 1100.